The van der Waals surface area contributed by atoms with E-state index in [4.69, 9.17) is 10.5 Å². The first kappa shape index (κ1) is 29.4. The van der Waals surface area contributed by atoms with E-state index < -0.39 is 35.9 Å². The summed E-state index contributed by atoms with van der Waals surface area (Å²) >= 11 is 0. The predicted octanol–water partition coefficient (Wildman–Crippen LogP) is 1.42. The molecule has 0 spiro atoms. The van der Waals surface area contributed by atoms with Crippen LogP contribution in [0.2, 0.25) is 0 Å². The van der Waals surface area contributed by atoms with E-state index >= 15 is 0 Å². The van der Waals surface area contributed by atoms with Gasteiger partial charge in [0, 0.05) is 25.1 Å². The van der Waals surface area contributed by atoms with Gasteiger partial charge in [-0.3, -0.25) is 19.2 Å². The Bertz CT molecular complexity index is 885. The molecule has 1 aromatic rings. The summed E-state index contributed by atoms with van der Waals surface area (Å²) in [5.41, 5.74) is 6.32. The number of rotatable bonds is 13. The van der Waals surface area contributed by atoms with Crippen LogP contribution >= 0.6 is 0 Å². The second-order valence-electron chi connectivity index (χ2n) is 8.85. The van der Waals surface area contributed by atoms with Gasteiger partial charge in [-0.15, -0.1) is 0 Å². The Hall–Kier alpha value is -3.63. The summed E-state index contributed by atoms with van der Waals surface area (Å²) in [6.07, 6.45) is 0.610. The maximum atomic E-state index is 13.0. The lowest BCUT2D eigenvalue weighted by Crippen LogP contribution is -2.55. The fraction of sp³-hybridized carbons (Fsp3) is 0.542. The number of primary amides is 1. The molecule has 0 fully saturated rings. The molecule has 0 saturated heterocycles. The van der Waals surface area contributed by atoms with Gasteiger partial charge in [0.1, 0.15) is 18.7 Å². The highest BCUT2D eigenvalue weighted by molar-refractivity contribution is 5.98. The molecule has 11 heteroatoms. The van der Waals surface area contributed by atoms with Crippen LogP contribution in [0.3, 0.4) is 0 Å². The van der Waals surface area contributed by atoms with Crippen molar-refractivity contribution in [1.82, 2.24) is 16.0 Å². The number of hydrogen-bond donors (Lipinski definition) is 5. The maximum absolute atomic E-state index is 13.0. The third-order valence-corrected chi connectivity index (χ3v) is 5.04. The van der Waals surface area contributed by atoms with E-state index in [2.05, 4.69) is 21.3 Å². The minimum atomic E-state index is -0.921. The van der Waals surface area contributed by atoms with E-state index in [1.165, 1.54) is 6.92 Å². The van der Waals surface area contributed by atoms with E-state index in [1.54, 1.807) is 52.0 Å². The zero-order valence-electron chi connectivity index (χ0n) is 21.0. The fourth-order valence-electron chi connectivity index (χ4n) is 3.00. The molecule has 0 radical (unpaired) electrons. The second-order valence-corrected chi connectivity index (χ2v) is 8.85. The van der Waals surface area contributed by atoms with Gasteiger partial charge >= 0.3 is 12.0 Å². The van der Waals surface area contributed by atoms with Crippen molar-refractivity contribution in [2.24, 2.45) is 17.6 Å². The summed E-state index contributed by atoms with van der Waals surface area (Å²) in [6.45, 7) is 8.72. The summed E-state index contributed by atoms with van der Waals surface area (Å²) in [4.78, 5) is 60.0. The Morgan fingerprint density at radius 1 is 0.914 bits per heavy atom. The van der Waals surface area contributed by atoms with Crippen LogP contribution in [0.5, 0.6) is 0 Å². The molecule has 6 N–H and O–H groups in total. The number of benzene rings is 1. The first-order valence-electron chi connectivity index (χ1n) is 11.6. The van der Waals surface area contributed by atoms with Crippen molar-refractivity contribution in [2.75, 3.05) is 11.9 Å². The van der Waals surface area contributed by atoms with Crippen LogP contribution in [-0.2, 0) is 30.5 Å². The van der Waals surface area contributed by atoms with Gasteiger partial charge in [-0.25, -0.2) is 4.79 Å². The van der Waals surface area contributed by atoms with Crippen molar-refractivity contribution in [3.05, 3.63) is 29.8 Å². The van der Waals surface area contributed by atoms with Crippen molar-refractivity contribution < 1.29 is 28.7 Å². The molecule has 0 aliphatic carbocycles. The number of esters is 1. The maximum Gasteiger partial charge on any atom is 0.312 e. The molecule has 2 atom stereocenters. The molecule has 35 heavy (non-hydrogen) atoms. The quantitative estimate of drug-likeness (QED) is 0.206. The van der Waals surface area contributed by atoms with Crippen LogP contribution in [-0.4, -0.2) is 48.4 Å². The van der Waals surface area contributed by atoms with Crippen molar-refractivity contribution >= 4 is 35.4 Å². The Kier molecular flexibility index (Phi) is 12.3. The van der Waals surface area contributed by atoms with Crippen LogP contribution in [0.15, 0.2) is 24.3 Å². The van der Waals surface area contributed by atoms with E-state index in [-0.39, 0.29) is 37.3 Å². The third-order valence-electron chi connectivity index (χ3n) is 5.04. The van der Waals surface area contributed by atoms with E-state index in [1.807, 2.05) is 0 Å². The number of urea groups is 1. The highest BCUT2D eigenvalue weighted by atomic mass is 16.5. The number of carbonyl (C=O) groups excluding carboxylic acids is 5. The van der Waals surface area contributed by atoms with Gasteiger partial charge in [0.05, 0.1) is 0 Å². The molecule has 1 rings (SSSR count). The van der Waals surface area contributed by atoms with Crippen LogP contribution in [0, 0.1) is 11.8 Å². The molecular formula is C24H37N5O6. The third kappa shape index (κ3) is 11.4. The SMILES string of the molecule is CC(=O)OCc1ccc(NC(=O)[C@H](CCCNC(N)=O)NC(=O)C(NC(=O)C(C)C)C(C)C)cc1. The molecule has 11 nitrogen and oxygen atoms in total. The van der Waals surface area contributed by atoms with E-state index in [0.717, 1.165) is 5.56 Å². The molecule has 0 saturated carbocycles. The Labute approximate surface area is 205 Å². The molecule has 5 amide bonds. The van der Waals surface area contributed by atoms with Gasteiger partial charge in [0.2, 0.25) is 17.7 Å². The Balaban J connectivity index is 2.91. The standard InChI is InChI=1S/C24H37N5O6/c1-14(2)20(29-21(31)15(3)4)23(33)28-19(7-6-12-26-24(25)34)22(32)27-18-10-8-17(9-11-18)13-35-16(5)30/h8-11,14-15,19-20H,6-7,12-13H2,1-5H3,(H,27,32)(H,28,33)(H,29,31)(H3,25,26,34)/t19-,20?/m0/s1. The molecule has 0 bridgehead atoms. The molecule has 0 aliphatic heterocycles. The summed E-state index contributed by atoms with van der Waals surface area (Å²) < 4.78 is 4.94. The summed E-state index contributed by atoms with van der Waals surface area (Å²) in [6, 6.07) is 4.31. The molecule has 1 unspecified atom stereocenters. The summed E-state index contributed by atoms with van der Waals surface area (Å²) in [5.74, 6) is -2.10. The van der Waals surface area contributed by atoms with Gasteiger partial charge in [-0.1, -0.05) is 39.8 Å². The monoisotopic (exact) mass is 491 g/mol. The normalized spacial score (nSPS) is 12.4. The lowest BCUT2D eigenvalue weighted by Gasteiger charge is -2.26. The van der Waals surface area contributed by atoms with E-state index in [9.17, 15) is 24.0 Å². The topological polar surface area (TPSA) is 169 Å². The second kappa shape index (κ2) is 14.6. The molecule has 0 aromatic heterocycles. The Morgan fingerprint density at radius 2 is 1.54 bits per heavy atom. The Morgan fingerprint density at radius 3 is 2.06 bits per heavy atom. The highest BCUT2D eigenvalue weighted by Gasteiger charge is 2.29. The van der Waals surface area contributed by atoms with Gasteiger partial charge in [0.15, 0.2) is 0 Å². The number of anilines is 1. The average Bonchev–Trinajstić information content (AvgIpc) is 2.77. The molecule has 0 aliphatic rings. The number of nitrogens with one attached hydrogen (secondary N) is 4. The van der Waals surface area contributed by atoms with E-state index in [0.29, 0.717) is 12.1 Å². The highest BCUT2D eigenvalue weighted by Crippen LogP contribution is 2.13. The van der Waals surface area contributed by atoms with Crippen molar-refractivity contribution in [3.8, 4) is 0 Å². The minimum absolute atomic E-state index is 0.119. The molecular weight excluding hydrogens is 454 g/mol. The van der Waals surface area contributed by atoms with Gasteiger partial charge in [-0.2, -0.15) is 0 Å². The number of ether oxygens (including phenoxy) is 1. The predicted molar refractivity (Wildman–Crippen MR) is 131 cm³/mol. The zero-order chi connectivity index (χ0) is 26.5. The first-order valence-corrected chi connectivity index (χ1v) is 11.6. The summed E-state index contributed by atoms with van der Waals surface area (Å²) in [5, 5.41) is 10.7. The minimum Gasteiger partial charge on any atom is -0.461 e. The van der Waals surface area contributed by atoms with Gasteiger partial charge in [-0.05, 0) is 36.5 Å². The van der Waals surface area contributed by atoms with Gasteiger partial charge in [0.25, 0.3) is 0 Å². The number of amides is 5. The van der Waals surface area contributed by atoms with Crippen molar-refractivity contribution in [2.45, 2.75) is 66.2 Å². The molecule has 194 valence electrons. The lowest BCUT2D eigenvalue weighted by molar-refractivity contribution is -0.142. The number of nitrogens with two attached hydrogens (primary N) is 1. The van der Waals surface area contributed by atoms with Crippen LogP contribution < -0.4 is 27.0 Å². The summed E-state index contributed by atoms with van der Waals surface area (Å²) in [7, 11) is 0. The molecule has 0 heterocycles. The van der Waals surface area contributed by atoms with Crippen molar-refractivity contribution in [3.63, 3.8) is 0 Å². The van der Waals surface area contributed by atoms with Crippen LogP contribution in [0.4, 0.5) is 10.5 Å². The largest absolute Gasteiger partial charge is 0.461 e. The van der Waals surface area contributed by atoms with Crippen molar-refractivity contribution in [1.29, 1.82) is 0 Å². The fourth-order valence-corrected chi connectivity index (χ4v) is 3.00. The first-order chi connectivity index (χ1) is 16.4. The number of hydrogen-bond acceptors (Lipinski definition) is 6. The smallest absolute Gasteiger partial charge is 0.312 e. The average molecular weight is 492 g/mol. The molecule has 1 aromatic carbocycles. The van der Waals surface area contributed by atoms with Crippen LogP contribution in [0.1, 0.15) is 53.0 Å². The van der Waals surface area contributed by atoms with Gasteiger partial charge < -0.3 is 31.7 Å². The van der Waals surface area contributed by atoms with Crippen LogP contribution in [0.25, 0.3) is 0 Å². The number of carbonyl (C=O) groups is 5. The lowest BCUT2D eigenvalue weighted by atomic mass is 10.0. The zero-order valence-corrected chi connectivity index (χ0v) is 21.0.